The lowest BCUT2D eigenvalue weighted by Crippen LogP contribution is -2.40. The molecule has 242 valence electrons. The fourth-order valence-electron chi connectivity index (χ4n) is 4.51. The summed E-state index contributed by atoms with van der Waals surface area (Å²) in [6.45, 7) is 5.60. The Morgan fingerprint density at radius 1 is 0.957 bits per heavy atom. The maximum atomic E-state index is 13.4. The highest BCUT2D eigenvalue weighted by molar-refractivity contribution is 7.91. The smallest absolute Gasteiger partial charge is 0.410 e. The Balaban J connectivity index is 1.42. The van der Waals surface area contributed by atoms with Gasteiger partial charge >= 0.3 is 12.1 Å². The van der Waals surface area contributed by atoms with Crippen LogP contribution < -0.4 is 4.74 Å². The van der Waals surface area contributed by atoms with Gasteiger partial charge in [-0.1, -0.05) is 41.9 Å². The van der Waals surface area contributed by atoms with Crippen molar-refractivity contribution in [3.63, 3.8) is 0 Å². The van der Waals surface area contributed by atoms with E-state index in [9.17, 15) is 28.2 Å². The van der Waals surface area contributed by atoms with Gasteiger partial charge in [0.15, 0.2) is 0 Å². The minimum atomic E-state index is -3.93. The number of aliphatic hydroxyl groups excluding tert-OH is 1. The highest BCUT2D eigenvalue weighted by Gasteiger charge is 2.25. The van der Waals surface area contributed by atoms with E-state index in [1.807, 2.05) is 0 Å². The molecule has 12 heteroatoms. The Hall–Kier alpha value is -4.45. The van der Waals surface area contributed by atoms with Crippen molar-refractivity contribution in [2.45, 2.75) is 55.1 Å². The van der Waals surface area contributed by atoms with Gasteiger partial charge in [-0.3, -0.25) is 0 Å². The van der Waals surface area contributed by atoms with Gasteiger partial charge in [-0.2, -0.15) is 0 Å². The molecule has 0 radical (unpaired) electrons. The van der Waals surface area contributed by atoms with Crippen LogP contribution in [0.25, 0.3) is 0 Å². The summed E-state index contributed by atoms with van der Waals surface area (Å²) in [7, 11) is -3.93. The van der Waals surface area contributed by atoms with Gasteiger partial charge in [0.1, 0.15) is 16.9 Å². The van der Waals surface area contributed by atoms with Crippen LogP contribution in [0.5, 0.6) is 11.6 Å². The van der Waals surface area contributed by atoms with E-state index in [-0.39, 0.29) is 33.5 Å². The average molecular weight is 667 g/mol. The van der Waals surface area contributed by atoms with Crippen molar-refractivity contribution in [2.24, 2.45) is 0 Å². The number of aryl methyl sites for hydroxylation is 1. The number of carboxylic acid groups (broad SMARTS) is 1. The number of benzene rings is 3. The Morgan fingerprint density at radius 2 is 1.67 bits per heavy atom. The van der Waals surface area contributed by atoms with Crippen LogP contribution in [0.15, 0.2) is 101 Å². The summed E-state index contributed by atoms with van der Waals surface area (Å²) in [5.41, 5.74) is 0.560. The number of hydrogen-bond donors (Lipinski definition) is 2. The third kappa shape index (κ3) is 9.29. The standard InChI is InChI=1S/C34H35ClN2O8S/c1-34(2,3)45-33(41)37(22-30(38)24-9-4-10-25(35)20-24)19-7-8-23-14-16-27(17-15-23)46(42,43)28-12-5-11-26(21-28)44-31-29(32(39)40)13-6-18-36-31/h4-6,9-18,20-21,30,38H,7-8,19,22H2,1-3H3,(H,39,40)/t30-/m0/s1. The van der Waals surface area contributed by atoms with E-state index in [4.69, 9.17) is 21.1 Å². The summed E-state index contributed by atoms with van der Waals surface area (Å²) in [4.78, 5) is 29.9. The molecule has 0 spiro atoms. The van der Waals surface area contributed by atoms with Crippen molar-refractivity contribution in [3.8, 4) is 11.6 Å². The van der Waals surface area contributed by atoms with Gasteiger partial charge < -0.3 is 24.6 Å². The number of amides is 1. The van der Waals surface area contributed by atoms with Gasteiger partial charge in [-0.25, -0.2) is 23.0 Å². The van der Waals surface area contributed by atoms with Gasteiger partial charge in [0.2, 0.25) is 15.7 Å². The monoisotopic (exact) mass is 666 g/mol. The third-order valence-corrected chi connectivity index (χ3v) is 8.74. The minimum Gasteiger partial charge on any atom is -0.477 e. The van der Waals surface area contributed by atoms with Crippen molar-refractivity contribution < 1.29 is 37.7 Å². The Labute approximate surface area is 273 Å². The van der Waals surface area contributed by atoms with Crippen molar-refractivity contribution in [3.05, 3.63) is 113 Å². The molecule has 2 N–H and O–H groups in total. The molecule has 1 aromatic heterocycles. The molecule has 0 fully saturated rings. The molecule has 10 nitrogen and oxygen atoms in total. The molecule has 0 aliphatic heterocycles. The van der Waals surface area contributed by atoms with Gasteiger partial charge in [-0.15, -0.1) is 0 Å². The number of carbonyl (C=O) groups excluding carboxylic acids is 1. The zero-order valence-corrected chi connectivity index (χ0v) is 27.2. The van der Waals surface area contributed by atoms with E-state index >= 15 is 0 Å². The molecule has 1 heterocycles. The van der Waals surface area contributed by atoms with Gasteiger partial charge in [0.25, 0.3) is 0 Å². The van der Waals surface area contributed by atoms with Gasteiger partial charge in [0.05, 0.1) is 22.4 Å². The SMILES string of the molecule is CC(C)(C)OC(=O)N(CCCc1ccc(S(=O)(=O)c2cccc(Oc3ncccc3C(=O)O)c2)cc1)C[C@H](O)c1cccc(Cl)c1. The predicted octanol–water partition coefficient (Wildman–Crippen LogP) is 6.96. The van der Waals surface area contributed by atoms with Gasteiger partial charge in [0, 0.05) is 17.8 Å². The second-order valence-corrected chi connectivity index (χ2v) is 13.9. The summed E-state index contributed by atoms with van der Waals surface area (Å²) in [5, 5.41) is 20.7. The van der Waals surface area contributed by atoms with Crippen molar-refractivity contribution in [1.29, 1.82) is 0 Å². The lowest BCUT2D eigenvalue weighted by Gasteiger charge is -2.29. The first-order valence-electron chi connectivity index (χ1n) is 14.4. The molecule has 0 bridgehead atoms. The number of aromatic carboxylic acids is 1. The number of halogens is 1. The minimum absolute atomic E-state index is 0.00711. The topological polar surface area (TPSA) is 143 Å². The molecule has 4 aromatic rings. The molecule has 3 aromatic carbocycles. The van der Waals surface area contributed by atoms with Crippen LogP contribution >= 0.6 is 11.6 Å². The number of carboxylic acids is 1. The third-order valence-electron chi connectivity index (χ3n) is 6.74. The average Bonchev–Trinajstić information content (AvgIpc) is 3.00. The zero-order valence-electron chi connectivity index (χ0n) is 25.6. The summed E-state index contributed by atoms with van der Waals surface area (Å²) < 4.78 is 38.0. The molecule has 0 aliphatic carbocycles. The second-order valence-electron chi connectivity index (χ2n) is 11.5. The molecule has 1 atom stereocenters. The highest BCUT2D eigenvalue weighted by Crippen LogP contribution is 2.28. The Morgan fingerprint density at radius 3 is 2.35 bits per heavy atom. The fraction of sp³-hybridized carbons (Fsp3) is 0.265. The van der Waals surface area contributed by atoms with E-state index in [1.54, 1.807) is 57.2 Å². The molecular weight excluding hydrogens is 632 g/mol. The summed E-state index contributed by atoms with van der Waals surface area (Å²) in [6, 6.07) is 21.8. The summed E-state index contributed by atoms with van der Waals surface area (Å²) in [5.74, 6) is -1.26. The molecule has 0 unspecified atom stereocenters. The second kappa shape index (κ2) is 14.8. The predicted molar refractivity (Wildman–Crippen MR) is 172 cm³/mol. The Bertz CT molecular complexity index is 1790. The van der Waals surface area contributed by atoms with E-state index in [0.717, 1.165) is 5.56 Å². The first kappa shape index (κ1) is 34.4. The van der Waals surface area contributed by atoms with Crippen LogP contribution in [0.1, 0.15) is 54.8 Å². The number of rotatable bonds is 12. The lowest BCUT2D eigenvalue weighted by atomic mass is 10.1. The van der Waals surface area contributed by atoms with Crippen molar-refractivity contribution >= 4 is 33.5 Å². The molecular formula is C34H35ClN2O8S. The lowest BCUT2D eigenvalue weighted by molar-refractivity contribution is 0.0142. The summed E-state index contributed by atoms with van der Waals surface area (Å²) in [6.07, 6.45) is 0.917. The van der Waals surface area contributed by atoms with E-state index in [1.165, 1.54) is 59.6 Å². The molecule has 1 amide bonds. The number of nitrogens with zero attached hydrogens (tertiary/aromatic N) is 2. The van der Waals surface area contributed by atoms with E-state index < -0.39 is 33.6 Å². The normalized spacial score (nSPS) is 12.3. The van der Waals surface area contributed by atoms with Crippen LogP contribution in [-0.4, -0.2) is 59.3 Å². The fourth-order valence-corrected chi connectivity index (χ4v) is 6.00. The first-order chi connectivity index (χ1) is 21.7. The van der Waals surface area contributed by atoms with E-state index in [2.05, 4.69) is 4.98 Å². The number of ether oxygens (including phenoxy) is 2. The van der Waals surface area contributed by atoms with Crippen molar-refractivity contribution in [1.82, 2.24) is 9.88 Å². The quantitative estimate of drug-likeness (QED) is 0.164. The molecule has 46 heavy (non-hydrogen) atoms. The maximum Gasteiger partial charge on any atom is 0.410 e. The van der Waals surface area contributed by atoms with Crippen LogP contribution in [0.2, 0.25) is 5.02 Å². The van der Waals surface area contributed by atoms with Crippen LogP contribution in [0.4, 0.5) is 4.79 Å². The largest absolute Gasteiger partial charge is 0.477 e. The number of carbonyl (C=O) groups is 2. The number of pyridine rings is 1. The number of sulfone groups is 1. The number of hydrogen-bond acceptors (Lipinski definition) is 8. The van der Waals surface area contributed by atoms with Gasteiger partial charge in [-0.05, 0) is 99.3 Å². The summed E-state index contributed by atoms with van der Waals surface area (Å²) >= 11 is 6.07. The van der Waals surface area contributed by atoms with Crippen LogP contribution in [0.3, 0.4) is 0 Å². The number of aromatic nitrogens is 1. The molecule has 0 saturated carbocycles. The van der Waals surface area contributed by atoms with E-state index in [0.29, 0.717) is 30.0 Å². The Kier molecular flexibility index (Phi) is 11.0. The van der Waals surface area contributed by atoms with Crippen molar-refractivity contribution in [2.75, 3.05) is 13.1 Å². The molecule has 0 aliphatic rings. The molecule has 0 saturated heterocycles. The van der Waals surface area contributed by atoms with Crippen LogP contribution in [0, 0.1) is 0 Å². The number of aliphatic hydroxyl groups is 1. The molecule has 4 rings (SSSR count). The zero-order chi connectivity index (χ0) is 33.5. The highest BCUT2D eigenvalue weighted by atomic mass is 35.5. The first-order valence-corrected chi connectivity index (χ1v) is 16.3. The van der Waals surface area contributed by atoms with Crippen LogP contribution in [-0.2, 0) is 21.0 Å². The maximum absolute atomic E-state index is 13.4.